The van der Waals surface area contributed by atoms with Crippen molar-refractivity contribution >= 4 is 40.3 Å². The van der Waals surface area contributed by atoms with Crippen molar-refractivity contribution in [2.45, 2.75) is 20.8 Å². The second-order valence-electron chi connectivity index (χ2n) is 5.80. The molecule has 0 aliphatic rings. The molecule has 1 amide bonds. The molecule has 154 valence electrons. The van der Waals surface area contributed by atoms with Crippen LogP contribution in [0.1, 0.15) is 45.0 Å². The predicted octanol–water partition coefficient (Wildman–Crippen LogP) is 4.07. The van der Waals surface area contributed by atoms with Gasteiger partial charge in [0.1, 0.15) is 15.6 Å². The maximum absolute atomic E-state index is 12.4. The molecule has 1 N–H and O–H groups in total. The van der Waals surface area contributed by atoms with Gasteiger partial charge >= 0.3 is 11.9 Å². The van der Waals surface area contributed by atoms with Gasteiger partial charge in [-0.3, -0.25) is 4.79 Å². The topological polar surface area (TPSA) is 90.9 Å². The molecule has 7 nitrogen and oxygen atoms in total. The summed E-state index contributed by atoms with van der Waals surface area (Å²) in [5.41, 5.74) is 1.38. The van der Waals surface area contributed by atoms with Crippen molar-refractivity contribution in [3.8, 4) is 5.75 Å². The number of rotatable bonds is 8. The van der Waals surface area contributed by atoms with Crippen LogP contribution >= 0.6 is 11.3 Å². The Morgan fingerprint density at radius 3 is 2.24 bits per heavy atom. The normalized spacial score (nSPS) is 10.6. The third-order valence-corrected chi connectivity index (χ3v) is 5.05. The van der Waals surface area contributed by atoms with E-state index in [1.165, 1.54) is 6.08 Å². The fourth-order valence-corrected chi connectivity index (χ4v) is 3.57. The number of amides is 1. The van der Waals surface area contributed by atoms with Crippen LogP contribution in [0.5, 0.6) is 5.75 Å². The molecule has 29 heavy (non-hydrogen) atoms. The van der Waals surface area contributed by atoms with Gasteiger partial charge in [0.25, 0.3) is 0 Å². The van der Waals surface area contributed by atoms with Gasteiger partial charge in [-0.1, -0.05) is 12.1 Å². The number of methoxy groups -OCH3 is 1. The number of benzene rings is 1. The van der Waals surface area contributed by atoms with E-state index in [1.807, 2.05) is 0 Å². The molecule has 2 aromatic rings. The summed E-state index contributed by atoms with van der Waals surface area (Å²) in [6, 6.07) is 7.18. The van der Waals surface area contributed by atoms with Crippen molar-refractivity contribution in [1.82, 2.24) is 0 Å². The Morgan fingerprint density at radius 2 is 1.66 bits per heavy atom. The Labute approximate surface area is 173 Å². The molecular formula is C21H23NO6S. The van der Waals surface area contributed by atoms with Crippen LogP contribution in [0.25, 0.3) is 6.08 Å². The van der Waals surface area contributed by atoms with E-state index in [1.54, 1.807) is 58.2 Å². The zero-order valence-corrected chi connectivity index (χ0v) is 17.6. The highest BCUT2D eigenvalue weighted by molar-refractivity contribution is 7.18. The van der Waals surface area contributed by atoms with Crippen molar-refractivity contribution < 1.29 is 28.6 Å². The van der Waals surface area contributed by atoms with E-state index < -0.39 is 17.8 Å². The van der Waals surface area contributed by atoms with Crippen molar-refractivity contribution in [2.24, 2.45) is 0 Å². The molecule has 0 fully saturated rings. The van der Waals surface area contributed by atoms with Crippen LogP contribution in [0.4, 0.5) is 5.00 Å². The van der Waals surface area contributed by atoms with Gasteiger partial charge in [-0.15, -0.1) is 11.3 Å². The fraction of sp³-hybridized carbons (Fsp3) is 0.286. The first kappa shape index (κ1) is 22.2. The van der Waals surface area contributed by atoms with Gasteiger partial charge < -0.3 is 19.5 Å². The van der Waals surface area contributed by atoms with Gasteiger partial charge in [0, 0.05) is 6.08 Å². The van der Waals surface area contributed by atoms with E-state index in [0.29, 0.717) is 11.3 Å². The van der Waals surface area contributed by atoms with E-state index in [-0.39, 0.29) is 28.7 Å². The summed E-state index contributed by atoms with van der Waals surface area (Å²) < 4.78 is 15.2. The molecule has 8 heteroatoms. The molecule has 2 rings (SSSR count). The number of hydrogen-bond acceptors (Lipinski definition) is 7. The van der Waals surface area contributed by atoms with Crippen molar-refractivity contribution in [2.75, 3.05) is 25.6 Å². The third-order valence-electron chi connectivity index (χ3n) is 3.87. The average Bonchev–Trinajstić information content (AvgIpc) is 3.03. The van der Waals surface area contributed by atoms with Gasteiger partial charge in [-0.05, 0) is 50.1 Å². The van der Waals surface area contributed by atoms with Gasteiger partial charge in [0.15, 0.2) is 0 Å². The Morgan fingerprint density at radius 1 is 1.03 bits per heavy atom. The van der Waals surface area contributed by atoms with Crippen LogP contribution < -0.4 is 10.1 Å². The molecule has 0 saturated carbocycles. The van der Waals surface area contributed by atoms with Gasteiger partial charge in [0.2, 0.25) is 5.91 Å². The van der Waals surface area contributed by atoms with Gasteiger partial charge in [0.05, 0.1) is 25.9 Å². The molecule has 0 atom stereocenters. The maximum atomic E-state index is 12.4. The summed E-state index contributed by atoms with van der Waals surface area (Å²) >= 11 is 0.986. The van der Waals surface area contributed by atoms with Crippen molar-refractivity contribution in [3.63, 3.8) is 0 Å². The minimum absolute atomic E-state index is 0.158. The summed E-state index contributed by atoms with van der Waals surface area (Å²) in [4.78, 5) is 37.1. The molecule has 0 bridgehead atoms. The molecule has 1 aromatic heterocycles. The molecule has 0 spiro atoms. The first-order valence-corrected chi connectivity index (χ1v) is 9.83. The van der Waals surface area contributed by atoms with Crippen molar-refractivity contribution in [1.29, 1.82) is 0 Å². The number of thiophene rings is 1. The lowest BCUT2D eigenvalue weighted by molar-refractivity contribution is -0.111. The molecule has 1 heterocycles. The molecule has 0 saturated heterocycles. The lowest BCUT2D eigenvalue weighted by Crippen LogP contribution is -2.13. The molecule has 1 aromatic carbocycles. The molecule has 0 unspecified atom stereocenters. The monoisotopic (exact) mass is 417 g/mol. The Balaban J connectivity index is 2.25. The number of esters is 2. The smallest absolute Gasteiger partial charge is 0.348 e. The standard InChI is InChI=1S/C21H23NO6S/c1-5-27-20(24)17-13(3)18(21(25)28-6-2)29-19(17)22-16(23)12-9-14-7-10-15(26-4)11-8-14/h7-12H,5-6H2,1-4H3,(H,22,23). The fourth-order valence-electron chi connectivity index (χ4n) is 2.48. The zero-order valence-electron chi connectivity index (χ0n) is 16.7. The zero-order chi connectivity index (χ0) is 21.4. The van der Waals surface area contributed by atoms with Crippen molar-refractivity contribution in [3.05, 3.63) is 51.9 Å². The minimum atomic E-state index is -0.605. The summed E-state index contributed by atoms with van der Waals surface area (Å²) in [6.07, 6.45) is 2.97. The molecule has 0 aliphatic carbocycles. The number of nitrogens with one attached hydrogen (secondary N) is 1. The second-order valence-corrected chi connectivity index (χ2v) is 6.82. The first-order valence-electron chi connectivity index (χ1n) is 9.01. The van der Waals surface area contributed by atoms with Gasteiger partial charge in [-0.2, -0.15) is 0 Å². The maximum Gasteiger partial charge on any atom is 0.348 e. The van der Waals surface area contributed by atoms with Crippen LogP contribution in [0.2, 0.25) is 0 Å². The lowest BCUT2D eigenvalue weighted by atomic mass is 10.1. The van der Waals surface area contributed by atoms with Crippen LogP contribution in [-0.4, -0.2) is 38.2 Å². The second kappa shape index (κ2) is 10.4. The van der Waals surface area contributed by atoms with E-state index in [0.717, 1.165) is 16.9 Å². The highest BCUT2D eigenvalue weighted by atomic mass is 32.1. The summed E-state index contributed by atoms with van der Waals surface area (Å²) in [5.74, 6) is -0.879. The summed E-state index contributed by atoms with van der Waals surface area (Å²) in [6.45, 7) is 5.38. The highest BCUT2D eigenvalue weighted by Gasteiger charge is 2.26. The van der Waals surface area contributed by atoms with Gasteiger partial charge in [-0.25, -0.2) is 9.59 Å². The summed E-state index contributed by atoms with van der Waals surface area (Å²) in [5, 5.41) is 2.90. The van der Waals surface area contributed by atoms with E-state index in [2.05, 4.69) is 5.32 Å². The molecule has 0 radical (unpaired) electrons. The predicted molar refractivity (Wildman–Crippen MR) is 112 cm³/mol. The van der Waals surface area contributed by atoms with Crippen LogP contribution in [0, 0.1) is 6.92 Å². The Bertz CT molecular complexity index is 914. The molecular weight excluding hydrogens is 394 g/mol. The van der Waals surface area contributed by atoms with Crippen LogP contribution in [0.3, 0.4) is 0 Å². The van der Waals surface area contributed by atoms with E-state index >= 15 is 0 Å². The number of carbonyl (C=O) groups is 3. The quantitative estimate of drug-likeness (QED) is 0.514. The largest absolute Gasteiger partial charge is 0.497 e. The molecule has 0 aliphatic heterocycles. The Hall–Kier alpha value is -3.13. The lowest BCUT2D eigenvalue weighted by Gasteiger charge is -2.05. The summed E-state index contributed by atoms with van der Waals surface area (Å²) in [7, 11) is 1.58. The van der Waals surface area contributed by atoms with Crippen LogP contribution in [0.15, 0.2) is 30.3 Å². The first-order chi connectivity index (χ1) is 13.9. The van der Waals surface area contributed by atoms with Crippen LogP contribution in [-0.2, 0) is 14.3 Å². The number of anilines is 1. The minimum Gasteiger partial charge on any atom is -0.497 e. The Kier molecular flexibility index (Phi) is 7.97. The third kappa shape index (κ3) is 5.68. The SMILES string of the molecule is CCOC(=O)c1sc(NC(=O)C=Cc2ccc(OC)cc2)c(C(=O)OCC)c1C. The number of carbonyl (C=O) groups excluding carboxylic acids is 3. The van der Waals surface area contributed by atoms with E-state index in [4.69, 9.17) is 14.2 Å². The number of hydrogen-bond donors (Lipinski definition) is 1. The highest BCUT2D eigenvalue weighted by Crippen LogP contribution is 2.34. The number of ether oxygens (including phenoxy) is 3. The average molecular weight is 417 g/mol. The van der Waals surface area contributed by atoms with E-state index in [9.17, 15) is 14.4 Å².